The van der Waals surface area contributed by atoms with Crippen LogP contribution in [0.25, 0.3) is 38.9 Å². The Labute approximate surface area is 184 Å². The first-order valence-corrected chi connectivity index (χ1v) is 10.9. The van der Waals surface area contributed by atoms with Crippen LogP contribution in [0.4, 0.5) is 0 Å². The van der Waals surface area contributed by atoms with Crippen LogP contribution in [0, 0.1) is 13.8 Å². The van der Waals surface area contributed by atoms with E-state index in [2.05, 4.69) is 118 Å². The summed E-state index contributed by atoms with van der Waals surface area (Å²) in [6.45, 7) is 11.2. The molecule has 2 nitrogen and oxygen atoms in total. The molecule has 4 aromatic carbocycles. The molecule has 0 radical (unpaired) electrons. The number of aromatic nitrogens is 2. The van der Waals surface area contributed by atoms with Crippen molar-refractivity contribution in [2.45, 2.75) is 40.0 Å². The minimum atomic E-state index is 0.0328. The lowest BCUT2D eigenvalue weighted by atomic mass is 9.82. The number of hydrogen-bond donors (Lipinski definition) is 0. The molecule has 5 aromatic rings. The maximum absolute atomic E-state index is 5.13. The predicted molar refractivity (Wildman–Crippen MR) is 132 cm³/mol. The highest BCUT2D eigenvalue weighted by Crippen LogP contribution is 2.37. The Balaban J connectivity index is 1.90. The Hall–Kier alpha value is -3.39. The number of imidazole rings is 1. The van der Waals surface area contributed by atoms with Crippen molar-refractivity contribution in [1.29, 1.82) is 0 Å². The second-order valence-electron chi connectivity index (χ2n) is 9.49. The van der Waals surface area contributed by atoms with E-state index in [1.165, 1.54) is 33.2 Å². The van der Waals surface area contributed by atoms with Crippen molar-refractivity contribution in [2.24, 2.45) is 0 Å². The quantitative estimate of drug-likeness (QED) is 0.294. The first kappa shape index (κ1) is 19.6. The molecule has 0 amide bonds. The molecule has 0 spiro atoms. The first-order valence-electron chi connectivity index (χ1n) is 10.9. The molecule has 0 N–H and O–H groups in total. The van der Waals surface area contributed by atoms with Gasteiger partial charge in [0.25, 0.3) is 0 Å². The van der Waals surface area contributed by atoms with Gasteiger partial charge < -0.3 is 0 Å². The van der Waals surface area contributed by atoms with Crippen molar-refractivity contribution < 1.29 is 0 Å². The van der Waals surface area contributed by atoms with Gasteiger partial charge in [0.15, 0.2) is 0 Å². The summed E-state index contributed by atoms with van der Waals surface area (Å²) in [4.78, 5) is 5.13. The average molecular weight is 405 g/mol. The average Bonchev–Trinajstić information content (AvgIpc) is 3.11. The van der Waals surface area contributed by atoms with E-state index in [-0.39, 0.29) is 5.41 Å². The fraction of sp³-hybridized carbons (Fsp3) is 0.207. The molecule has 0 saturated heterocycles. The molecule has 0 unspecified atom stereocenters. The lowest BCUT2D eigenvalue weighted by Crippen LogP contribution is -2.12. The smallest absolute Gasteiger partial charge is 0.145 e. The summed E-state index contributed by atoms with van der Waals surface area (Å²) >= 11 is 0. The third kappa shape index (κ3) is 3.23. The van der Waals surface area contributed by atoms with E-state index < -0.39 is 0 Å². The molecule has 31 heavy (non-hydrogen) atoms. The van der Waals surface area contributed by atoms with Crippen LogP contribution in [0.5, 0.6) is 0 Å². The SMILES string of the molecule is Cc1cccc(C)c1-n1c(-c2cc(C(C)(C)C)c3ccccc3c2)nc2ccccc21. The van der Waals surface area contributed by atoms with Gasteiger partial charge in [-0.1, -0.05) is 75.4 Å². The first-order chi connectivity index (χ1) is 14.8. The maximum Gasteiger partial charge on any atom is 0.145 e. The largest absolute Gasteiger partial charge is 0.292 e. The molecule has 0 aliphatic heterocycles. The molecule has 1 aromatic heterocycles. The van der Waals surface area contributed by atoms with Crippen LogP contribution in [0.15, 0.2) is 78.9 Å². The molecular formula is C29H28N2. The molecule has 0 atom stereocenters. The van der Waals surface area contributed by atoms with E-state index in [1.807, 2.05) is 0 Å². The molecule has 0 fully saturated rings. The number of rotatable bonds is 2. The van der Waals surface area contributed by atoms with Crippen molar-refractivity contribution in [1.82, 2.24) is 9.55 Å². The van der Waals surface area contributed by atoms with Crippen LogP contribution in [-0.4, -0.2) is 9.55 Å². The van der Waals surface area contributed by atoms with Gasteiger partial charge in [-0.25, -0.2) is 4.98 Å². The van der Waals surface area contributed by atoms with Gasteiger partial charge in [0.1, 0.15) is 5.82 Å². The molecule has 0 saturated carbocycles. The van der Waals surface area contributed by atoms with Crippen LogP contribution in [0.3, 0.4) is 0 Å². The number of benzene rings is 4. The molecule has 5 rings (SSSR count). The van der Waals surface area contributed by atoms with Crippen LogP contribution in [0.1, 0.15) is 37.5 Å². The van der Waals surface area contributed by atoms with Gasteiger partial charge in [0, 0.05) is 5.56 Å². The summed E-state index contributed by atoms with van der Waals surface area (Å²) < 4.78 is 2.34. The number of para-hydroxylation sites is 3. The minimum Gasteiger partial charge on any atom is -0.292 e. The number of aryl methyl sites for hydroxylation is 2. The summed E-state index contributed by atoms with van der Waals surface area (Å²) in [6, 6.07) is 28.2. The zero-order valence-electron chi connectivity index (χ0n) is 18.9. The van der Waals surface area contributed by atoms with Crippen molar-refractivity contribution in [3.63, 3.8) is 0 Å². The molecule has 2 heteroatoms. The van der Waals surface area contributed by atoms with E-state index in [4.69, 9.17) is 4.98 Å². The van der Waals surface area contributed by atoms with E-state index in [0.29, 0.717) is 0 Å². The van der Waals surface area contributed by atoms with Gasteiger partial charge in [-0.15, -0.1) is 0 Å². The van der Waals surface area contributed by atoms with E-state index in [0.717, 1.165) is 22.4 Å². The van der Waals surface area contributed by atoms with E-state index in [1.54, 1.807) is 0 Å². The summed E-state index contributed by atoms with van der Waals surface area (Å²) in [5, 5.41) is 2.57. The Kier molecular flexibility index (Phi) is 4.48. The molecule has 0 aliphatic carbocycles. The Morgan fingerprint density at radius 3 is 2.16 bits per heavy atom. The highest BCUT2D eigenvalue weighted by atomic mass is 15.1. The molecule has 0 aliphatic rings. The lowest BCUT2D eigenvalue weighted by molar-refractivity contribution is 0.596. The lowest BCUT2D eigenvalue weighted by Gasteiger charge is -2.23. The standard InChI is InChI=1S/C29H28N2/c1-19-11-10-12-20(2)27(19)31-26-16-9-8-15-25(26)30-28(31)22-17-21-13-6-7-14-23(21)24(18-22)29(3,4)5/h6-18H,1-5H3. The van der Waals surface area contributed by atoms with Gasteiger partial charge in [0.2, 0.25) is 0 Å². The van der Waals surface area contributed by atoms with Gasteiger partial charge in [-0.3, -0.25) is 4.57 Å². The summed E-state index contributed by atoms with van der Waals surface area (Å²) in [6.07, 6.45) is 0. The number of hydrogen-bond acceptors (Lipinski definition) is 1. The monoisotopic (exact) mass is 404 g/mol. The Bertz CT molecular complexity index is 1410. The van der Waals surface area contributed by atoms with Crippen LogP contribution >= 0.6 is 0 Å². The third-order valence-corrected chi connectivity index (χ3v) is 6.15. The second kappa shape index (κ2) is 7.09. The summed E-state index contributed by atoms with van der Waals surface area (Å²) in [7, 11) is 0. The molecule has 154 valence electrons. The molecule has 0 bridgehead atoms. The van der Waals surface area contributed by atoms with Crippen LogP contribution < -0.4 is 0 Å². The Morgan fingerprint density at radius 1 is 0.742 bits per heavy atom. The van der Waals surface area contributed by atoms with Gasteiger partial charge in [-0.2, -0.15) is 0 Å². The zero-order valence-corrected chi connectivity index (χ0v) is 18.9. The van der Waals surface area contributed by atoms with Crippen LogP contribution in [-0.2, 0) is 5.41 Å². The fourth-order valence-electron chi connectivity index (χ4n) is 4.66. The van der Waals surface area contributed by atoms with Gasteiger partial charge in [0.05, 0.1) is 16.7 Å². The fourth-order valence-corrected chi connectivity index (χ4v) is 4.66. The normalized spacial score (nSPS) is 12.0. The highest BCUT2D eigenvalue weighted by Gasteiger charge is 2.22. The molecule has 1 heterocycles. The topological polar surface area (TPSA) is 17.8 Å². The van der Waals surface area contributed by atoms with E-state index >= 15 is 0 Å². The molecular weight excluding hydrogens is 376 g/mol. The predicted octanol–water partition coefficient (Wildman–Crippen LogP) is 7.76. The number of fused-ring (bicyclic) bond motifs is 2. The van der Waals surface area contributed by atoms with Crippen molar-refractivity contribution >= 4 is 21.8 Å². The third-order valence-electron chi connectivity index (χ3n) is 6.15. The van der Waals surface area contributed by atoms with Gasteiger partial charge in [-0.05, 0) is 71.0 Å². The second-order valence-corrected chi connectivity index (χ2v) is 9.49. The van der Waals surface area contributed by atoms with Gasteiger partial charge >= 0.3 is 0 Å². The minimum absolute atomic E-state index is 0.0328. The summed E-state index contributed by atoms with van der Waals surface area (Å²) in [5.74, 6) is 0.995. The highest BCUT2D eigenvalue weighted by molar-refractivity contribution is 5.92. The van der Waals surface area contributed by atoms with Crippen molar-refractivity contribution in [3.05, 3.63) is 95.6 Å². The van der Waals surface area contributed by atoms with E-state index in [9.17, 15) is 0 Å². The Morgan fingerprint density at radius 2 is 1.42 bits per heavy atom. The zero-order chi connectivity index (χ0) is 21.8. The number of nitrogens with zero attached hydrogens (tertiary/aromatic N) is 2. The van der Waals surface area contributed by atoms with Crippen LogP contribution in [0.2, 0.25) is 0 Å². The van der Waals surface area contributed by atoms with Crippen molar-refractivity contribution in [3.8, 4) is 17.1 Å². The van der Waals surface area contributed by atoms with Crippen molar-refractivity contribution in [2.75, 3.05) is 0 Å². The maximum atomic E-state index is 5.13. The summed E-state index contributed by atoms with van der Waals surface area (Å²) in [5.41, 5.74) is 8.42.